The maximum Gasteiger partial charge on any atom is 0.142 e. The van der Waals surface area contributed by atoms with Gasteiger partial charge < -0.3 is 14.4 Å². The predicted molar refractivity (Wildman–Crippen MR) is 58.7 cm³/mol. The van der Waals surface area contributed by atoms with Gasteiger partial charge in [-0.2, -0.15) is 0 Å². The normalized spacial score (nSPS) is 23.3. The largest absolute Gasteiger partial charge is 0.490 e. The molecule has 1 unspecified atom stereocenters. The van der Waals surface area contributed by atoms with Crippen LogP contribution in [0, 0.1) is 0 Å². The van der Waals surface area contributed by atoms with Gasteiger partial charge in [-0.3, -0.25) is 0 Å². The summed E-state index contributed by atoms with van der Waals surface area (Å²) in [6.07, 6.45) is 1.49. The summed E-state index contributed by atoms with van der Waals surface area (Å²) in [6.45, 7) is 2.67. The zero-order chi connectivity index (χ0) is 10.3. The molecular weight excluding hydrogens is 190 g/mol. The molecule has 3 heteroatoms. The molecular formula is C12H15NO2. The summed E-state index contributed by atoms with van der Waals surface area (Å²) in [6, 6.07) is 6.43. The van der Waals surface area contributed by atoms with Crippen LogP contribution in [-0.4, -0.2) is 32.9 Å². The van der Waals surface area contributed by atoms with Crippen molar-refractivity contribution in [2.24, 2.45) is 0 Å². The van der Waals surface area contributed by atoms with Gasteiger partial charge in [0.25, 0.3) is 0 Å². The number of nitrogens with zero attached hydrogens (tertiary/aromatic N) is 1. The molecule has 80 valence electrons. The van der Waals surface area contributed by atoms with Crippen LogP contribution in [0.25, 0.3) is 0 Å². The van der Waals surface area contributed by atoms with E-state index in [9.17, 15) is 0 Å². The van der Waals surface area contributed by atoms with Crippen molar-refractivity contribution in [2.75, 3.05) is 31.7 Å². The van der Waals surface area contributed by atoms with Gasteiger partial charge in [0.1, 0.15) is 12.4 Å². The lowest BCUT2D eigenvalue weighted by molar-refractivity contribution is 0.311. The van der Waals surface area contributed by atoms with Crippen molar-refractivity contribution in [2.45, 2.75) is 12.5 Å². The van der Waals surface area contributed by atoms with Crippen LogP contribution in [0.5, 0.6) is 5.75 Å². The van der Waals surface area contributed by atoms with E-state index in [1.165, 1.54) is 11.3 Å². The Morgan fingerprint density at radius 1 is 1.47 bits per heavy atom. The fraction of sp³-hybridized carbons (Fsp3) is 0.500. The smallest absolute Gasteiger partial charge is 0.142 e. The van der Waals surface area contributed by atoms with Crippen LogP contribution >= 0.6 is 0 Å². The molecule has 3 rings (SSSR count). The zero-order valence-corrected chi connectivity index (χ0v) is 8.90. The van der Waals surface area contributed by atoms with Gasteiger partial charge in [-0.05, 0) is 17.7 Å². The number of rotatable bonds is 2. The minimum atomic E-state index is 0.456. The van der Waals surface area contributed by atoms with E-state index in [0.717, 1.165) is 31.9 Å². The number of hydrogen-bond acceptors (Lipinski definition) is 3. The van der Waals surface area contributed by atoms with Gasteiger partial charge in [0, 0.05) is 13.5 Å². The van der Waals surface area contributed by atoms with Crippen molar-refractivity contribution in [1.29, 1.82) is 0 Å². The first-order valence-electron chi connectivity index (χ1n) is 5.41. The molecule has 0 saturated carbocycles. The van der Waals surface area contributed by atoms with E-state index in [1.54, 1.807) is 0 Å². The minimum Gasteiger partial charge on any atom is -0.490 e. The number of anilines is 1. The van der Waals surface area contributed by atoms with Crippen molar-refractivity contribution in [3.8, 4) is 5.75 Å². The molecule has 1 aromatic carbocycles. The van der Waals surface area contributed by atoms with Crippen molar-refractivity contribution >= 4 is 5.69 Å². The molecule has 0 aliphatic carbocycles. The molecule has 1 aromatic rings. The Kier molecular flexibility index (Phi) is 2.06. The Bertz CT molecular complexity index is 374. The van der Waals surface area contributed by atoms with Gasteiger partial charge in [-0.15, -0.1) is 0 Å². The van der Waals surface area contributed by atoms with Crippen LogP contribution in [0.2, 0.25) is 0 Å². The van der Waals surface area contributed by atoms with E-state index >= 15 is 0 Å². The summed E-state index contributed by atoms with van der Waals surface area (Å²) in [7, 11) is 2.11. The van der Waals surface area contributed by atoms with Gasteiger partial charge in [0.2, 0.25) is 0 Å². The Morgan fingerprint density at radius 2 is 2.33 bits per heavy atom. The fourth-order valence-corrected chi connectivity index (χ4v) is 1.97. The summed E-state index contributed by atoms with van der Waals surface area (Å²) in [5.74, 6) is 1.00. The number of benzene rings is 1. The van der Waals surface area contributed by atoms with Crippen LogP contribution in [-0.2, 0) is 11.2 Å². The average molecular weight is 205 g/mol. The molecule has 3 nitrogen and oxygen atoms in total. The van der Waals surface area contributed by atoms with Crippen LogP contribution in [0.15, 0.2) is 18.2 Å². The standard InChI is InChI=1S/C12H15NO2/c1-13-4-5-14-12-3-2-9(7-11(12)13)6-10-8-15-10/h2-3,7,10H,4-6,8H2,1H3. The second-order valence-corrected chi connectivity index (χ2v) is 4.23. The van der Waals surface area contributed by atoms with Crippen LogP contribution in [0.3, 0.4) is 0 Å². The van der Waals surface area contributed by atoms with Crippen LogP contribution < -0.4 is 9.64 Å². The molecule has 2 aliphatic heterocycles. The molecule has 0 amide bonds. The van der Waals surface area contributed by atoms with Crippen LogP contribution in [0.4, 0.5) is 5.69 Å². The molecule has 2 heterocycles. The van der Waals surface area contributed by atoms with Gasteiger partial charge in [0.15, 0.2) is 0 Å². The molecule has 2 aliphatic rings. The second kappa shape index (κ2) is 3.42. The maximum atomic E-state index is 5.60. The summed E-state index contributed by atoms with van der Waals surface area (Å²) in [5, 5.41) is 0. The summed E-state index contributed by atoms with van der Waals surface area (Å²) >= 11 is 0. The van der Waals surface area contributed by atoms with Gasteiger partial charge in [-0.25, -0.2) is 0 Å². The minimum absolute atomic E-state index is 0.456. The summed E-state index contributed by atoms with van der Waals surface area (Å²) < 4.78 is 10.8. The van der Waals surface area contributed by atoms with E-state index in [0.29, 0.717) is 6.10 Å². The van der Waals surface area contributed by atoms with E-state index in [-0.39, 0.29) is 0 Å². The Balaban J connectivity index is 1.88. The highest BCUT2D eigenvalue weighted by atomic mass is 16.6. The number of fused-ring (bicyclic) bond motifs is 1. The molecule has 0 bridgehead atoms. The SMILES string of the molecule is CN1CCOc2ccc(CC3CO3)cc21. The third-order valence-electron chi connectivity index (χ3n) is 2.98. The third kappa shape index (κ3) is 1.79. The highest BCUT2D eigenvalue weighted by Gasteiger charge is 2.23. The predicted octanol–water partition coefficient (Wildman–Crippen LogP) is 1.46. The monoisotopic (exact) mass is 205 g/mol. The first-order valence-corrected chi connectivity index (χ1v) is 5.41. The first kappa shape index (κ1) is 9.04. The number of likely N-dealkylation sites (N-methyl/N-ethyl adjacent to an activating group) is 1. The first-order chi connectivity index (χ1) is 7.33. The second-order valence-electron chi connectivity index (χ2n) is 4.23. The van der Waals surface area contributed by atoms with Crippen molar-refractivity contribution < 1.29 is 9.47 Å². The lowest BCUT2D eigenvalue weighted by atomic mass is 10.1. The lowest BCUT2D eigenvalue weighted by Gasteiger charge is -2.28. The van der Waals surface area contributed by atoms with E-state index in [4.69, 9.17) is 9.47 Å². The highest BCUT2D eigenvalue weighted by molar-refractivity contribution is 5.61. The highest BCUT2D eigenvalue weighted by Crippen LogP contribution is 2.32. The summed E-state index contributed by atoms with van der Waals surface area (Å²) in [5.41, 5.74) is 2.55. The molecule has 15 heavy (non-hydrogen) atoms. The van der Waals surface area contributed by atoms with Gasteiger partial charge in [0.05, 0.1) is 24.9 Å². The van der Waals surface area contributed by atoms with Crippen molar-refractivity contribution in [3.63, 3.8) is 0 Å². The Hall–Kier alpha value is -1.22. The molecule has 0 aromatic heterocycles. The molecule has 1 fully saturated rings. The molecule has 0 spiro atoms. The fourth-order valence-electron chi connectivity index (χ4n) is 1.97. The van der Waals surface area contributed by atoms with Gasteiger partial charge >= 0.3 is 0 Å². The van der Waals surface area contributed by atoms with Crippen molar-refractivity contribution in [1.82, 2.24) is 0 Å². The lowest BCUT2D eigenvalue weighted by Crippen LogP contribution is -2.28. The van der Waals surface area contributed by atoms with E-state index in [1.807, 2.05) is 0 Å². The van der Waals surface area contributed by atoms with E-state index < -0.39 is 0 Å². The van der Waals surface area contributed by atoms with Crippen LogP contribution in [0.1, 0.15) is 5.56 Å². The molecule has 1 saturated heterocycles. The zero-order valence-electron chi connectivity index (χ0n) is 8.90. The quantitative estimate of drug-likeness (QED) is 0.683. The van der Waals surface area contributed by atoms with Crippen molar-refractivity contribution in [3.05, 3.63) is 23.8 Å². The van der Waals surface area contributed by atoms with Gasteiger partial charge in [-0.1, -0.05) is 6.07 Å². The molecule has 1 atom stereocenters. The van der Waals surface area contributed by atoms with E-state index in [2.05, 4.69) is 30.1 Å². The summed E-state index contributed by atoms with van der Waals surface area (Å²) in [4.78, 5) is 2.25. The average Bonchev–Trinajstić information content (AvgIpc) is 3.03. The topological polar surface area (TPSA) is 25.0 Å². The number of hydrogen-bond donors (Lipinski definition) is 0. The number of epoxide rings is 1. The Labute approximate surface area is 89.6 Å². The maximum absolute atomic E-state index is 5.60. The molecule has 0 N–H and O–H groups in total. The third-order valence-corrected chi connectivity index (χ3v) is 2.98. The number of ether oxygens (including phenoxy) is 2. The molecule has 0 radical (unpaired) electrons. The Morgan fingerprint density at radius 3 is 3.13 bits per heavy atom.